The van der Waals surface area contributed by atoms with E-state index in [9.17, 15) is 0 Å². The molecule has 0 aromatic carbocycles. The van der Waals surface area contributed by atoms with Crippen LogP contribution in [0.5, 0.6) is 0 Å². The molecule has 0 aromatic rings. The van der Waals surface area contributed by atoms with Gasteiger partial charge in [-0.05, 0) is 44.9 Å². The second-order valence-corrected chi connectivity index (χ2v) is 5.60. The smallest absolute Gasteiger partial charge is 0.188 e. The SMILES string of the molecule is NC(=NCCC1=CCCCC1)NC1CCCCC1. The highest BCUT2D eigenvalue weighted by molar-refractivity contribution is 5.78. The number of nitrogens with one attached hydrogen (secondary N) is 1. The molecular weight excluding hydrogens is 222 g/mol. The van der Waals surface area contributed by atoms with Crippen molar-refractivity contribution in [2.75, 3.05) is 6.54 Å². The minimum atomic E-state index is 0.566. The lowest BCUT2D eigenvalue weighted by atomic mass is 9.96. The normalized spacial score (nSPS) is 22.7. The van der Waals surface area contributed by atoms with Gasteiger partial charge in [-0.15, -0.1) is 0 Å². The highest BCUT2D eigenvalue weighted by Gasteiger charge is 2.13. The lowest BCUT2D eigenvalue weighted by molar-refractivity contribution is 0.412. The van der Waals surface area contributed by atoms with Crippen LogP contribution in [0.25, 0.3) is 0 Å². The number of rotatable bonds is 4. The molecule has 102 valence electrons. The molecule has 0 unspecified atom stereocenters. The van der Waals surface area contributed by atoms with Crippen LogP contribution in [0.15, 0.2) is 16.6 Å². The molecule has 3 heteroatoms. The van der Waals surface area contributed by atoms with Gasteiger partial charge in [-0.3, -0.25) is 4.99 Å². The number of nitrogens with two attached hydrogens (primary N) is 1. The van der Waals surface area contributed by atoms with Gasteiger partial charge in [0.2, 0.25) is 0 Å². The molecule has 0 bridgehead atoms. The molecule has 2 aliphatic rings. The van der Waals surface area contributed by atoms with Crippen LogP contribution in [0.3, 0.4) is 0 Å². The van der Waals surface area contributed by atoms with Gasteiger partial charge in [0.05, 0.1) is 0 Å². The van der Waals surface area contributed by atoms with E-state index in [1.165, 1.54) is 57.8 Å². The Labute approximate surface area is 111 Å². The quantitative estimate of drug-likeness (QED) is 0.457. The maximum atomic E-state index is 5.94. The Morgan fingerprint density at radius 3 is 2.78 bits per heavy atom. The van der Waals surface area contributed by atoms with Gasteiger partial charge in [-0.1, -0.05) is 30.9 Å². The molecular formula is C15H27N3. The molecule has 0 atom stereocenters. The molecule has 1 saturated carbocycles. The van der Waals surface area contributed by atoms with E-state index in [0.29, 0.717) is 12.0 Å². The molecule has 1 fully saturated rings. The zero-order valence-corrected chi connectivity index (χ0v) is 11.5. The Bertz CT molecular complexity index is 301. The summed E-state index contributed by atoms with van der Waals surface area (Å²) in [5.41, 5.74) is 7.52. The van der Waals surface area contributed by atoms with E-state index in [1.807, 2.05) is 0 Å². The summed E-state index contributed by atoms with van der Waals surface area (Å²) in [5.74, 6) is 0.651. The van der Waals surface area contributed by atoms with Crippen molar-refractivity contribution in [3.05, 3.63) is 11.6 Å². The number of guanidine groups is 1. The third-order valence-corrected chi connectivity index (χ3v) is 4.06. The maximum absolute atomic E-state index is 5.94. The fraction of sp³-hybridized carbons (Fsp3) is 0.800. The van der Waals surface area contributed by atoms with Crippen molar-refractivity contribution in [1.29, 1.82) is 0 Å². The molecule has 0 amide bonds. The van der Waals surface area contributed by atoms with Gasteiger partial charge in [0.1, 0.15) is 0 Å². The number of nitrogens with zero attached hydrogens (tertiary/aromatic N) is 1. The average molecular weight is 249 g/mol. The van der Waals surface area contributed by atoms with E-state index in [-0.39, 0.29) is 0 Å². The molecule has 3 nitrogen and oxygen atoms in total. The molecule has 0 aliphatic heterocycles. The molecule has 0 radical (unpaired) electrons. The first kappa shape index (κ1) is 13.4. The Hall–Kier alpha value is -0.990. The highest BCUT2D eigenvalue weighted by Crippen LogP contribution is 2.20. The summed E-state index contributed by atoms with van der Waals surface area (Å²) in [6.07, 6.45) is 15.3. The van der Waals surface area contributed by atoms with Crippen molar-refractivity contribution in [1.82, 2.24) is 5.32 Å². The number of aliphatic imine (C=N–C) groups is 1. The molecule has 2 rings (SSSR count). The number of hydrogen-bond acceptors (Lipinski definition) is 1. The van der Waals surface area contributed by atoms with Crippen molar-refractivity contribution in [3.8, 4) is 0 Å². The number of allylic oxidation sites excluding steroid dienone is 1. The molecule has 3 N–H and O–H groups in total. The van der Waals surface area contributed by atoms with E-state index in [4.69, 9.17) is 5.73 Å². The number of hydrogen-bond donors (Lipinski definition) is 2. The zero-order valence-electron chi connectivity index (χ0n) is 11.5. The summed E-state index contributed by atoms with van der Waals surface area (Å²) < 4.78 is 0. The van der Waals surface area contributed by atoms with Crippen LogP contribution in [0.2, 0.25) is 0 Å². The first-order valence-corrected chi connectivity index (χ1v) is 7.59. The predicted octanol–water partition coefficient (Wildman–Crippen LogP) is 3.11. The van der Waals surface area contributed by atoms with E-state index in [0.717, 1.165) is 13.0 Å². The summed E-state index contributed by atoms with van der Waals surface area (Å²) in [4.78, 5) is 4.45. The molecule has 2 aliphatic carbocycles. The van der Waals surface area contributed by atoms with Gasteiger partial charge in [0, 0.05) is 12.6 Å². The zero-order chi connectivity index (χ0) is 12.6. The monoisotopic (exact) mass is 249 g/mol. The summed E-state index contributed by atoms with van der Waals surface area (Å²) in [7, 11) is 0. The van der Waals surface area contributed by atoms with E-state index < -0.39 is 0 Å². The summed E-state index contributed by atoms with van der Waals surface area (Å²) >= 11 is 0. The van der Waals surface area contributed by atoms with Crippen LogP contribution in [0.4, 0.5) is 0 Å². The first-order chi connectivity index (χ1) is 8.84. The first-order valence-electron chi connectivity index (χ1n) is 7.59. The largest absolute Gasteiger partial charge is 0.370 e. The molecule has 18 heavy (non-hydrogen) atoms. The average Bonchev–Trinajstić information content (AvgIpc) is 2.41. The van der Waals surface area contributed by atoms with Gasteiger partial charge in [0.15, 0.2) is 5.96 Å². The third kappa shape index (κ3) is 4.71. The van der Waals surface area contributed by atoms with Crippen molar-refractivity contribution in [2.24, 2.45) is 10.7 Å². The van der Waals surface area contributed by atoms with E-state index >= 15 is 0 Å². The fourth-order valence-corrected chi connectivity index (χ4v) is 2.95. The molecule has 0 aromatic heterocycles. The van der Waals surface area contributed by atoms with Gasteiger partial charge in [0.25, 0.3) is 0 Å². The van der Waals surface area contributed by atoms with Crippen LogP contribution in [-0.2, 0) is 0 Å². The molecule has 0 spiro atoms. The second-order valence-electron chi connectivity index (χ2n) is 5.60. The lowest BCUT2D eigenvalue weighted by Gasteiger charge is -2.23. The fourth-order valence-electron chi connectivity index (χ4n) is 2.95. The Kier molecular flexibility index (Phi) is 5.56. The Balaban J connectivity index is 1.66. The van der Waals surface area contributed by atoms with Crippen molar-refractivity contribution in [2.45, 2.75) is 70.3 Å². The van der Waals surface area contributed by atoms with E-state index in [2.05, 4.69) is 16.4 Å². The van der Waals surface area contributed by atoms with Crippen molar-refractivity contribution < 1.29 is 0 Å². The Morgan fingerprint density at radius 2 is 2.06 bits per heavy atom. The topological polar surface area (TPSA) is 50.4 Å². The Morgan fingerprint density at radius 1 is 1.22 bits per heavy atom. The maximum Gasteiger partial charge on any atom is 0.188 e. The molecule has 0 saturated heterocycles. The lowest BCUT2D eigenvalue weighted by Crippen LogP contribution is -2.41. The van der Waals surface area contributed by atoms with Crippen molar-refractivity contribution >= 4 is 5.96 Å². The van der Waals surface area contributed by atoms with Gasteiger partial charge < -0.3 is 11.1 Å². The van der Waals surface area contributed by atoms with E-state index in [1.54, 1.807) is 5.57 Å². The predicted molar refractivity (Wildman–Crippen MR) is 77.7 cm³/mol. The minimum Gasteiger partial charge on any atom is -0.370 e. The van der Waals surface area contributed by atoms with Crippen LogP contribution < -0.4 is 11.1 Å². The van der Waals surface area contributed by atoms with Crippen LogP contribution in [-0.4, -0.2) is 18.5 Å². The molecule has 0 heterocycles. The highest BCUT2D eigenvalue weighted by atomic mass is 15.1. The van der Waals surface area contributed by atoms with Gasteiger partial charge >= 0.3 is 0 Å². The van der Waals surface area contributed by atoms with Crippen LogP contribution in [0.1, 0.15) is 64.2 Å². The van der Waals surface area contributed by atoms with Gasteiger partial charge in [-0.25, -0.2) is 0 Å². The minimum absolute atomic E-state index is 0.566. The summed E-state index contributed by atoms with van der Waals surface area (Å²) in [6, 6.07) is 0.566. The third-order valence-electron chi connectivity index (χ3n) is 4.06. The standard InChI is InChI=1S/C15H27N3/c16-15(18-14-9-5-2-6-10-14)17-12-11-13-7-3-1-4-8-13/h7,14H,1-6,8-12H2,(H3,16,17,18). The van der Waals surface area contributed by atoms with Crippen LogP contribution >= 0.6 is 0 Å². The summed E-state index contributed by atoms with van der Waals surface area (Å²) in [6.45, 7) is 0.845. The van der Waals surface area contributed by atoms with Gasteiger partial charge in [-0.2, -0.15) is 0 Å². The second kappa shape index (κ2) is 7.45. The van der Waals surface area contributed by atoms with Crippen molar-refractivity contribution in [3.63, 3.8) is 0 Å². The van der Waals surface area contributed by atoms with Crippen LogP contribution in [0, 0.1) is 0 Å². The summed E-state index contributed by atoms with van der Waals surface area (Å²) in [5, 5.41) is 3.36.